The monoisotopic (exact) mass is 381 g/mol. The van der Waals surface area contributed by atoms with Crippen molar-refractivity contribution in [3.63, 3.8) is 0 Å². The van der Waals surface area contributed by atoms with Gasteiger partial charge in [-0.05, 0) is 29.3 Å². The Morgan fingerprint density at radius 3 is 2.82 bits per heavy atom. The molecule has 0 amide bonds. The van der Waals surface area contributed by atoms with Crippen molar-refractivity contribution in [3.8, 4) is 6.07 Å². The minimum Gasteiger partial charge on any atom is -0.288 e. The molecule has 3 rings (SSSR count). The first-order chi connectivity index (χ1) is 13.4. The maximum absolute atomic E-state index is 14.8. The van der Waals surface area contributed by atoms with Crippen LogP contribution in [0, 0.1) is 11.3 Å². The molecule has 2 heterocycles. The maximum atomic E-state index is 14.8. The predicted molar refractivity (Wildman–Crippen MR) is 99.1 cm³/mol. The number of hydrogen-bond donors (Lipinski definition) is 1. The van der Waals surface area contributed by atoms with Crippen molar-refractivity contribution in [2.45, 2.75) is 19.4 Å². The zero-order chi connectivity index (χ0) is 20.1. The summed E-state index contributed by atoms with van der Waals surface area (Å²) in [4.78, 5) is 0. The van der Waals surface area contributed by atoms with Crippen molar-refractivity contribution >= 4 is 5.71 Å². The van der Waals surface area contributed by atoms with Gasteiger partial charge >= 0.3 is 5.92 Å². The highest BCUT2D eigenvalue weighted by Crippen LogP contribution is 2.34. The second-order valence-electron chi connectivity index (χ2n) is 6.13. The lowest BCUT2D eigenvalue weighted by molar-refractivity contribution is 0.0314. The predicted octanol–water partition coefficient (Wildman–Crippen LogP) is 3.09. The molecule has 0 atom stereocenters. The Morgan fingerprint density at radius 1 is 1.32 bits per heavy atom. The first-order valence-corrected chi connectivity index (χ1v) is 8.39. The van der Waals surface area contributed by atoms with Crippen LogP contribution in [0.2, 0.25) is 0 Å². The second-order valence-corrected chi connectivity index (χ2v) is 6.13. The van der Waals surface area contributed by atoms with Crippen LogP contribution in [-0.4, -0.2) is 37.9 Å². The Bertz CT molecular complexity index is 998. The normalized spacial score (nSPS) is 18.2. The van der Waals surface area contributed by atoms with Gasteiger partial charge in [0.1, 0.15) is 0 Å². The Morgan fingerprint density at radius 2 is 2.11 bits per heavy atom. The SMILES string of the molecule is C=C1/C=C\C(C(F)(F)c2nn[nH]n2)=C/CN(Cc2ccccc2C#N)N=C1C. The number of allylic oxidation sites excluding steroid dienone is 4. The summed E-state index contributed by atoms with van der Waals surface area (Å²) in [7, 11) is 0. The van der Waals surface area contributed by atoms with E-state index in [0.717, 1.165) is 5.56 Å². The molecular weight excluding hydrogens is 364 g/mol. The van der Waals surface area contributed by atoms with Gasteiger partial charge in [-0.1, -0.05) is 43.0 Å². The highest BCUT2D eigenvalue weighted by molar-refractivity contribution is 6.00. The highest BCUT2D eigenvalue weighted by atomic mass is 19.3. The van der Waals surface area contributed by atoms with Crippen molar-refractivity contribution in [1.82, 2.24) is 25.6 Å². The Labute approximate surface area is 160 Å². The summed E-state index contributed by atoms with van der Waals surface area (Å²) >= 11 is 0. The molecule has 0 bridgehead atoms. The number of alkyl halides is 2. The molecular formula is C19H17F2N7. The topological polar surface area (TPSA) is 93.9 Å². The number of tetrazole rings is 1. The second kappa shape index (κ2) is 7.92. The maximum Gasteiger partial charge on any atom is 0.335 e. The molecule has 1 aliphatic heterocycles. The minimum absolute atomic E-state index is 0.0947. The third-order valence-corrected chi connectivity index (χ3v) is 4.22. The van der Waals surface area contributed by atoms with Crippen molar-refractivity contribution < 1.29 is 8.78 Å². The number of rotatable bonds is 4. The summed E-state index contributed by atoms with van der Waals surface area (Å²) in [5.74, 6) is -4.15. The molecule has 0 unspecified atom stereocenters. The lowest BCUT2D eigenvalue weighted by Crippen LogP contribution is -2.22. The molecule has 1 N–H and O–H groups in total. The van der Waals surface area contributed by atoms with Crippen LogP contribution in [0.4, 0.5) is 8.78 Å². The van der Waals surface area contributed by atoms with Crippen molar-refractivity contribution in [2.24, 2.45) is 5.10 Å². The number of nitriles is 1. The Kier molecular flexibility index (Phi) is 5.40. The fourth-order valence-corrected chi connectivity index (χ4v) is 2.62. The van der Waals surface area contributed by atoms with Gasteiger partial charge in [0.15, 0.2) is 0 Å². The number of nitrogens with one attached hydrogen (secondary N) is 1. The number of H-pyrrole nitrogens is 1. The van der Waals surface area contributed by atoms with Crippen molar-refractivity contribution in [1.29, 1.82) is 5.26 Å². The van der Waals surface area contributed by atoms with E-state index in [4.69, 9.17) is 0 Å². The molecule has 2 aromatic rings. The molecule has 0 radical (unpaired) electrons. The molecule has 0 saturated heterocycles. The summed E-state index contributed by atoms with van der Waals surface area (Å²) in [6.45, 7) is 6.00. The third kappa shape index (κ3) is 4.01. The van der Waals surface area contributed by atoms with Crippen molar-refractivity contribution in [2.75, 3.05) is 6.54 Å². The standard InChI is InChI=1S/C19H17F2N7/c1-13-7-8-17(19(20,21)18-23-26-27-24-18)9-10-28(25-14(13)2)12-16-6-4-3-5-15(16)11-22/h3-9H,1,10,12H2,2H3,(H,23,24,26,27)/b8-7-,17-9+,25-14?. The van der Waals surface area contributed by atoms with E-state index < -0.39 is 11.7 Å². The van der Waals surface area contributed by atoms with E-state index in [1.165, 1.54) is 18.2 Å². The van der Waals surface area contributed by atoms with Gasteiger partial charge in [-0.15, -0.1) is 10.2 Å². The molecule has 1 aromatic heterocycles. The van der Waals surface area contributed by atoms with E-state index in [1.807, 2.05) is 12.1 Å². The largest absolute Gasteiger partial charge is 0.335 e. The smallest absolute Gasteiger partial charge is 0.288 e. The molecule has 9 heteroatoms. The number of aromatic amines is 1. The van der Waals surface area contributed by atoms with Crippen LogP contribution in [0.25, 0.3) is 0 Å². The number of aromatic nitrogens is 4. The first-order valence-electron chi connectivity index (χ1n) is 8.39. The fraction of sp³-hybridized carbons (Fsp3) is 0.211. The molecule has 0 saturated carbocycles. The highest BCUT2D eigenvalue weighted by Gasteiger charge is 2.40. The van der Waals surface area contributed by atoms with Crippen LogP contribution in [-0.2, 0) is 12.5 Å². The Hall–Kier alpha value is -3.67. The molecule has 0 aliphatic carbocycles. The van der Waals surface area contributed by atoms with E-state index in [9.17, 15) is 14.0 Å². The summed E-state index contributed by atoms with van der Waals surface area (Å²) < 4.78 is 29.6. The minimum atomic E-state index is -3.43. The average molecular weight is 381 g/mol. The van der Waals surface area contributed by atoms with Crippen LogP contribution in [0.5, 0.6) is 0 Å². The van der Waals surface area contributed by atoms with Gasteiger partial charge in [-0.2, -0.15) is 24.4 Å². The van der Waals surface area contributed by atoms with Crippen LogP contribution in [0.3, 0.4) is 0 Å². The number of hydrogen-bond acceptors (Lipinski definition) is 6. The number of benzene rings is 1. The third-order valence-electron chi connectivity index (χ3n) is 4.22. The molecule has 1 aliphatic rings. The molecule has 0 fully saturated rings. The molecule has 0 spiro atoms. The van der Waals surface area contributed by atoms with Gasteiger partial charge < -0.3 is 0 Å². The quantitative estimate of drug-likeness (QED) is 0.878. The zero-order valence-corrected chi connectivity index (χ0v) is 15.1. The van der Waals surface area contributed by atoms with Crippen LogP contribution in [0.1, 0.15) is 23.9 Å². The van der Waals surface area contributed by atoms with Crippen molar-refractivity contribution in [3.05, 3.63) is 77.2 Å². The molecule has 7 nitrogen and oxygen atoms in total. The lowest BCUT2D eigenvalue weighted by atomic mass is 10.0. The lowest BCUT2D eigenvalue weighted by Gasteiger charge is -2.20. The fourth-order valence-electron chi connectivity index (χ4n) is 2.62. The summed E-state index contributed by atoms with van der Waals surface area (Å²) in [5.41, 5.74) is 2.05. The van der Waals surface area contributed by atoms with E-state index in [2.05, 4.69) is 38.4 Å². The summed E-state index contributed by atoms with van der Waals surface area (Å²) in [6, 6.07) is 9.22. The van der Waals surface area contributed by atoms with Crippen LogP contribution in [0.15, 0.2) is 65.3 Å². The van der Waals surface area contributed by atoms with Crippen LogP contribution >= 0.6 is 0 Å². The Balaban J connectivity index is 1.95. The van der Waals surface area contributed by atoms with E-state index in [-0.39, 0.29) is 18.7 Å². The van der Waals surface area contributed by atoms with E-state index >= 15 is 0 Å². The molecule has 28 heavy (non-hydrogen) atoms. The van der Waals surface area contributed by atoms with Gasteiger partial charge in [0, 0.05) is 5.57 Å². The zero-order valence-electron chi connectivity index (χ0n) is 15.1. The average Bonchev–Trinajstić information content (AvgIpc) is 3.24. The molecule has 142 valence electrons. The van der Waals surface area contributed by atoms with Gasteiger partial charge in [0.2, 0.25) is 5.82 Å². The van der Waals surface area contributed by atoms with Gasteiger partial charge in [-0.3, -0.25) is 5.01 Å². The van der Waals surface area contributed by atoms with Crippen LogP contribution < -0.4 is 0 Å². The number of hydrazone groups is 1. The van der Waals surface area contributed by atoms with E-state index in [0.29, 0.717) is 16.8 Å². The number of nitrogens with zero attached hydrogens (tertiary/aromatic N) is 6. The van der Waals surface area contributed by atoms with Gasteiger partial charge in [-0.25, -0.2) is 0 Å². The molecule has 1 aromatic carbocycles. The van der Waals surface area contributed by atoms with Gasteiger partial charge in [0.05, 0.1) is 30.4 Å². The van der Waals surface area contributed by atoms with Gasteiger partial charge in [0.25, 0.3) is 0 Å². The summed E-state index contributed by atoms with van der Waals surface area (Å²) in [6.07, 6.45) is 4.12. The van der Waals surface area contributed by atoms with E-state index in [1.54, 1.807) is 24.1 Å². The number of halogens is 2. The first kappa shape index (κ1) is 19.1. The summed E-state index contributed by atoms with van der Waals surface area (Å²) in [5, 5.41) is 27.4.